The van der Waals surface area contributed by atoms with Crippen LogP contribution in [0.15, 0.2) is 18.2 Å². The molecule has 1 fully saturated rings. The Kier molecular flexibility index (Phi) is 4.37. The summed E-state index contributed by atoms with van der Waals surface area (Å²) in [6, 6.07) is 5.52. The first-order valence-electron chi connectivity index (χ1n) is 5.35. The van der Waals surface area contributed by atoms with Gasteiger partial charge in [0.05, 0.1) is 6.10 Å². The molecule has 1 heterocycles. The number of benzene rings is 1. The monoisotopic (exact) mass is 278 g/mol. The highest BCUT2D eigenvalue weighted by Crippen LogP contribution is 2.38. The Hall–Kier alpha value is 0.0500. The molecule has 1 aliphatic rings. The summed E-state index contributed by atoms with van der Waals surface area (Å²) < 4.78 is 5.78. The predicted octanol–water partition coefficient (Wildman–Crippen LogP) is 4.70. The SMILES string of the molecule is ClCC1CCCOC1c1ccc(Cl)cc1Cl. The predicted molar refractivity (Wildman–Crippen MR) is 68.6 cm³/mol. The van der Waals surface area contributed by atoms with E-state index in [0.29, 0.717) is 21.8 Å². The van der Waals surface area contributed by atoms with Gasteiger partial charge in [-0.15, -0.1) is 11.6 Å². The zero-order valence-electron chi connectivity index (χ0n) is 8.76. The Bertz CT molecular complexity index is 367. The van der Waals surface area contributed by atoms with Gasteiger partial charge in [-0.05, 0) is 30.5 Å². The lowest BCUT2D eigenvalue weighted by atomic mass is 9.91. The summed E-state index contributed by atoms with van der Waals surface area (Å²) in [5, 5.41) is 1.31. The summed E-state index contributed by atoms with van der Waals surface area (Å²) in [4.78, 5) is 0. The standard InChI is InChI=1S/C12H13Cl3O/c13-7-8-2-1-5-16-12(8)10-4-3-9(14)6-11(10)15/h3-4,6,8,12H,1-2,5,7H2. The molecule has 2 rings (SSSR count). The van der Waals surface area contributed by atoms with Crippen molar-refractivity contribution in [3.8, 4) is 0 Å². The summed E-state index contributed by atoms with van der Waals surface area (Å²) in [6.45, 7) is 0.775. The Labute approximate surface area is 111 Å². The molecule has 2 unspecified atom stereocenters. The summed E-state index contributed by atoms with van der Waals surface area (Å²) in [6.07, 6.45) is 2.17. The average Bonchev–Trinajstić information content (AvgIpc) is 2.29. The lowest BCUT2D eigenvalue weighted by molar-refractivity contribution is -0.0207. The molecular weight excluding hydrogens is 266 g/mol. The Morgan fingerprint density at radius 1 is 1.31 bits per heavy atom. The molecule has 0 aliphatic carbocycles. The van der Waals surface area contributed by atoms with Crippen molar-refractivity contribution in [2.45, 2.75) is 18.9 Å². The third-order valence-corrected chi connectivity index (χ3v) is 3.87. The molecule has 0 bridgehead atoms. The molecule has 2 atom stereocenters. The van der Waals surface area contributed by atoms with Gasteiger partial charge >= 0.3 is 0 Å². The van der Waals surface area contributed by atoms with E-state index in [1.807, 2.05) is 12.1 Å². The van der Waals surface area contributed by atoms with Gasteiger partial charge in [0, 0.05) is 28.5 Å². The van der Waals surface area contributed by atoms with Crippen molar-refractivity contribution >= 4 is 34.8 Å². The molecule has 88 valence electrons. The van der Waals surface area contributed by atoms with E-state index in [2.05, 4.69) is 0 Å². The van der Waals surface area contributed by atoms with E-state index in [9.17, 15) is 0 Å². The zero-order chi connectivity index (χ0) is 11.5. The van der Waals surface area contributed by atoms with Gasteiger partial charge < -0.3 is 4.74 Å². The molecular formula is C12H13Cl3O. The highest BCUT2D eigenvalue weighted by molar-refractivity contribution is 6.35. The van der Waals surface area contributed by atoms with Gasteiger partial charge in [-0.1, -0.05) is 29.3 Å². The molecule has 1 aliphatic heterocycles. The van der Waals surface area contributed by atoms with Gasteiger partial charge in [-0.3, -0.25) is 0 Å². The second-order valence-corrected chi connectivity index (χ2v) is 5.17. The van der Waals surface area contributed by atoms with Crippen LogP contribution in [-0.4, -0.2) is 12.5 Å². The van der Waals surface area contributed by atoms with Crippen molar-refractivity contribution in [1.82, 2.24) is 0 Å². The molecule has 16 heavy (non-hydrogen) atoms. The lowest BCUT2D eigenvalue weighted by Crippen LogP contribution is -2.24. The summed E-state index contributed by atoms with van der Waals surface area (Å²) in [5.41, 5.74) is 0.997. The van der Waals surface area contributed by atoms with Crippen LogP contribution in [0.1, 0.15) is 24.5 Å². The van der Waals surface area contributed by atoms with Crippen LogP contribution in [-0.2, 0) is 4.74 Å². The number of ether oxygens (including phenoxy) is 1. The van der Waals surface area contributed by atoms with Gasteiger partial charge in [0.15, 0.2) is 0 Å². The fourth-order valence-corrected chi connectivity index (χ4v) is 2.91. The maximum atomic E-state index is 6.18. The first kappa shape index (κ1) is 12.5. The third kappa shape index (κ3) is 2.65. The molecule has 1 nitrogen and oxygen atoms in total. The van der Waals surface area contributed by atoms with Crippen LogP contribution in [0.4, 0.5) is 0 Å². The first-order valence-corrected chi connectivity index (χ1v) is 6.64. The van der Waals surface area contributed by atoms with E-state index in [0.717, 1.165) is 25.0 Å². The van der Waals surface area contributed by atoms with Crippen molar-refractivity contribution in [1.29, 1.82) is 0 Å². The summed E-state index contributed by atoms with van der Waals surface area (Å²) >= 11 is 18.0. The molecule has 4 heteroatoms. The van der Waals surface area contributed by atoms with Crippen molar-refractivity contribution in [2.24, 2.45) is 5.92 Å². The van der Waals surface area contributed by atoms with Crippen LogP contribution < -0.4 is 0 Å². The fourth-order valence-electron chi connectivity index (χ4n) is 2.08. The molecule has 0 N–H and O–H groups in total. The van der Waals surface area contributed by atoms with Gasteiger partial charge in [0.1, 0.15) is 0 Å². The van der Waals surface area contributed by atoms with Crippen LogP contribution in [0.25, 0.3) is 0 Å². The quantitative estimate of drug-likeness (QED) is 0.713. The van der Waals surface area contributed by atoms with Crippen molar-refractivity contribution < 1.29 is 4.74 Å². The minimum Gasteiger partial charge on any atom is -0.373 e. The highest BCUT2D eigenvalue weighted by atomic mass is 35.5. The molecule has 1 saturated heterocycles. The van der Waals surface area contributed by atoms with Gasteiger partial charge in [0.25, 0.3) is 0 Å². The van der Waals surface area contributed by atoms with Crippen LogP contribution in [0.5, 0.6) is 0 Å². The zero-order valence-corrected chi connectivity index (χ0v) is 11.0. The Balaban J connectivity index is 2.27. The third-order valence-electron chi connectivity index (χ3n) is 2.91. The topological polar surface area (TPSA) is 9.23 Å². The maximum Gasteiger partial charge on any atom is 0.0878 e. The maximum absolute atomic E-state index is 6.18. The summed E-state index contributed by atoms with van der Waals surface area (Å²) in [7, 11) is 0. The molecule has 0 radical (unpaired) electrons. The average molecular weight is 280 g/mol. The fraction of sp³-hybridized carbons (Fsp3) is 0.500. The van der Waals surface area contributed by atoms with Crippen molar-refractivity contribution in [2.75, 3.05) is 12.5 Å². The Morgan fingerprint density at radius 2 is 2.12 bits per heavy atom. The van der Waals surface area contributed by atoms with E-state index in [1.165, 1.54) is 0 Å². The van der Waals surface area contributed by atoms with Crippen molar-refractivity contribution in [3.05, 3.63) is 33.8 Å². The van der Waals surface area contributed by atoms with E-state index >= 15 is 0 Å². The van der Waals surface area contributed by atoms with Gasteiger partial charge in [0.2, 0.25) is 0 Å². The second-order valence-electron chi connectivity index (χ2n) is 4.01. The minimum absolute atomic E-state index is 0.0102. The highest BCUT2D eigenvalue weighted by Gasteiger charge is 2.28. The summed E-state index contributed by atoms with van der Waals surface area (Å²) in [5.74, 6) is 0.943. The van der Waals surface area contributed by atoms with Gasteiger partial charge in [-0.25, -0.2) is 0 Å². The number of alkyl halides is 1. The molecule has 0 amide bonds. The van der Waals surface area contributed by atoms with Crippen molar-refractivity contribution in [3.63, 3.8) is 0 Å². The van der Waals surface area contributed by atoms with Crippen LogP contribution in [0, 0.1) is 5.92 Å². The first-order chi connectivity index (χ1) is 7.72. The largest absolute Gasteiger partial charge is 0.373 e. The van der Waals surface area contributed by atoms with Crippen LogP contribution in [0.3, 0.4) is 0 Å². The molecule has 1 aromatic carbocycles. The molecule has 0 saturated carbocycles. The normalized spacial score (nSPS) is 25.7. The number of hydrogen-bond acceptors (Lipinski definition) is 1. The van der Waals surface area contributed by atoms with Gasteiger partial charge in [-0.2, -0.15) is 0 Å². The number of hydrogen-bond donors (Lipinski definition) is 0. The van der Waals surface area contributed by atoms with Crippen LogP contribution >= 0.6 is 34.8 Å². The smallest absolute Gasteiger partial charge is 0.0878 e. The molecule has 0 spiro atoms. The minimum atomic E-state index is 0.0102. The number of rotatable bonds is 2. The molecule has 1 aromatic rings. The van der Waals surface area contributed by atoms with E-state index in [1.54, 1.807) is 6.07 Å². The second kappa shape index (κ2) is 5.59. The molecule has 0 aromatic heterocycles. The Morgan fingerprint density at radius 3 is 2.81 bits per heavy atom. The lowest BCUT2D eigenvalue weighted by Gasteiger charge is -2.31. The van der Waals surface area contributed by atoms with Crippen LogP contribution in [0.2, 0.25) is 10.0 Å². The van der Waals surface area contributed by atoms with E-state index in [-0.39, 0.29) is 6.10 Å². The van der Waals surface area contributed by atoms with E-state index in [4.69, 9.17) is 39.5 Å². The van der Waals surface area contributed by atoms with E-state index < -0.39 is 0 Å². The number of halogens is 3.